The highest BCUT2D eigenvalue weighted by Crippen LogP contribution is 2.31. The van der Waals surface area contributed by atoms with Crippen LogP contribution in [-0.2, 0) is 6.42 Å². The van der Waals surface area contributed by atoms with E-state index in [0.717, 1.165) is 18.5 Å². The Morgan fingerprint density at radius 2 is 1.93 bits per heavy atom. The predicted molar refractivity (Wildman–Crippen MR) is 111 cm³/mol. The lowest BCUT2D eigenvalue weighted by atomic mass is 10.0. The molecule has 3 aromatic rings. The van der Waals surface area contributed by atoms with Crippen molar-refractivity contribution in [3.63, 3.8) is 0 Å². The maximum absolute atomic E-state index is 13.0. The van der Waals surface area contributed by atoms with Crippen molar-refractivity contribution >= 4 is 23.1 Å². The molecule has 1 aromatic heterocycles. The van der Waals surface area contributed by atoms with Gasteiger partial charge in [0.2, 0.25) is 0 Å². The van der Waals surface area contributed by atoms with Gasteiger partial charge in [0.1, 0.15) is 23.0 Å². The zero-order valence-corrected chi connectivity index (χ0v) is 16.4. The second-order valence-corrected chi connectivity index (χ2v) is 6.67. The zero-order chi connectivity index (χ0) is 20.2. The fourth-order valence-corrected chi connectivity index (χ4v) is 3.44. The summed E-state index contributed by atoms with van der Waals surface area (Å²) in [4.78, 5) is 23.5. The molecule has 0 fully saturated rings. The van der Waals surface area contributed by atoms with Crippen LogP contribution >= 0.6 is 0 Å². The van der Waals surface area contributed by atoms with Crippen molar-refractivity contribution in [1.82, 2.24) is 9.97 Å². The first-order valence-electron chi connectivity index (χ1n) is 9.40. The minimum atomic E-state index is -0.143. The number of rotatable bonds is 5. The van der Waals surface area contributed by atoms with E-state index >= 15 is 0 Å². The van der Waals surface area contributed by atoms with Gasteiger partial charge in [-0.25, -0.2) is 9.97 Å². The molecule has 0 spiro atoms. The number of anilines is 3. The van der Waals surface area contributed by atoms with Crippen LogP contribution < -0.4 is 19.7 Å². The first kappa shape index (κ1) is 18.7. The van der Waals surface area contributed by atoms with Crippen LogP contribution in [0.3, 0.4) is 0 Å². The van der Waals surface area contributed by atoms with Crippen LogP contribution in [0.25, 0.3) is 0 Å². The predicted octanol–water partition coefficient (Wildman–Crippen LogP) is 3.83. The maximum atomic E-state index is 13.0. The quantitative estimate of drug-likeness (QED) is 0.714. The molecule has 148 valence electrons. The van der Waals surface area contributed by atoms with Gasteiger partial charge < -0.3 is 19.7 Å². The maximum Gasteiger partial charge on any atom is 0.278 e. The van der Waals surface area contributed by atoms with E-state index in [0.29, 0.717) is 35.2 Å². The fraction of sp³-hybridized carbons (Fsp3) is 0.227. The Hall–Kier alpha value is -3.61. The van der Waals surface area contributed by atoms with Crippen LogP contribution in [0.4, 0.5) is 17.2 Å². The Balaban J connectivity index is 1.54. The molecule has 2 heterocycles. The van der Waals surface area contributed by atoms with Gasteiger partial charge in [-0.2, -0.15) is 0 Å². The van der Waals surface area contributed by atoms with E-state index in [2.05, 4.69) is 21.4 Å². The van der Waals surface area contributed by atoms with E-state index in [1.54, 1.807) is 31.4 Å². The number of nitrogens with zero attached hydrogens (tertiary/aromatic N) is 3. The summed E-state index contributed by atoms with van der Waals surface area (Å²) in [6, 6.07) is 13.4. The van der Waals surface area contributed by atoms with Gasteiger partial charge in [-0.1, -0.05) is 18.2 Å². The average Bonchev–Trinajstić information content (AvgIpc) is 2.78. The highest BCUT2D eigenvalue weighted by Gasteiger charge is 2.24. The second-order valence-electron chi connectivity index (χ2n) is 6.67. The van der Waals surface area contributed by atoms with E-state index in [1.807, 2.05) is 30.3 Å². The fourth-order valence-electron chi connectivity index (χ4n) is 3.44. The number of carbonyl (C=O) groups excluding carboxylic acids is 1. The normalized spacial score (nSPS) is 12.8. The van der Waals surface area contributed by atoms with Crippen molar-refractivity contribution in [2.24, 2.45) is 0 Å². The Kier molecular flexibility index (Phi) is 5.29. The third-order valence-corrected chi connectivity index (χ3v) is 4.90. The van der Waals surface area contributed by atoms with Gasteiger partial charge in [-0.3, -0.25) is 4.79 Å². The van der Waals surface area contributed by atoms with E-state index in [9.17, 15) is 4.79 Å². The number of amides is 1. The molecular formula is C22H22N4O3. The van der Waals surface area contributed by atoms with Gasteiger partial charge >= 0.3 is 0 Å². The Morgan fingerprint density at radius 1 is 1.07 bits per heavy atom. The van der Waals surface area contributed by atoms with Gasteiger partial charge in [-0.15, -0.1) is 0 Å². The number of nitrogens with one attached hydrogen (secondary N) is 1. The molecule has 1 aliphatic heterocycles. The topological polar surface area (TPSA) is 76.6 Å². The summed E-state index contributed by atoms with van der Waals surface area (Å²) < 4.78 is 10.6. The van der Waals surface area contributed by atoms with Crippen molar-refractivity contribution in [2.75, 3.05) is 31.0 Å². The number of fused-ring (bicyclic) bond motifs is 1. The SMILES string of the molecule is COc1ccc(OC)c(Nc2cnc(C(=O)N3CCCc4ccccc43)cn2)c1. The molecule has 1 aliphatic rings. The minimum Gasteiger partial charge on any atom is -0.497 e. The summed E-state index contributed by atoms with van der Waals surface area (Å²) in [5.74, 6) is 1.71. The highest BCUT2D eigenvalue weighted by atomic mass is 16.5. The molecule has 7 heteroatoms. The molecule has 0 unspecified atom stereocenters. The molecule has 4 rings (SSSR count). The Labute approximate surface area is 169 Å². The first-order chi connectivity index (χ1) is 14.2. The van der Waals surface area contributed by atoms with Gasteiger partial charge in [0.05, 0.1) is 32.3 Å². The van der Waals surface area contributed by atoms with E-state index in [1.165, 1.54) is 11.8 Å². The van der Waals surface area contributed by atoms with Crippen LogP contribution in [0.2, 0.25) is 0 Å². The lowest BCUT2D eigenvalue weighted by Gasteiger charge is -2.29. The zero-order valence-electron chi connectivity index (χ0n) is 16.4. The molecule has 0 atom stereocenters. The lowest BCUT2D eigenvalue weighted by Crippen LogP contribution is -2.36. The van der Waals surface area contributed by atoms with E-state index in [-0.39, 0.29) is 5.91 Å². The lowest BCUT2D eigenvalue weighted by molar-refractivity contribution is 0.0980. The van der Waals surface area contributed by atoms with Crippen molar-refractivity contribution in [2.45, 2.75) is 12.8 Å². The third kappa shape index (κ3) is 3.85. The van der Waals surface area contributed by atoms with E-state index in [4.69, 9.17) is 9.47 Å². The molecule has 0 bridgehead atoms. The number of aryl methyl sites for hydroxylation is 1. The van der Waals surface area contributed by atoms with Crippen LogP contribution in [0, 0.1) is 0 Å². The smallest absolute Gasteiger partial charge is 0.278 e. The van der Waals surface area contributed by atoms with E-state index < -0.39 is 0 Å². The van der Waals surface area contributed by atoms with Crippen LogP contribution in [-0.4, -0.2) is 36.6 Å². The first-order valence-corrected chi connectivity index (χ1v) is 9.40. The largest absolute Gasteiger partial charge is 0.497 e. The molecule has 2 aromatic carbocycles. The van der Waals surface area contributed by atoms with Crippen molar-refractivity contribution in [3.8, 4) is 11.5 Å². The van der Waals surface area contributed by atoms with Crippen molar-refractivity contribution in [1.29, 1.82) is 0 Å². The molecule has 0 saturated heterocycles. The standard InChI is InChI=1S/C22H22N4O3/c1-28-16-9-10-20(29-2)17(12-16)25-21-14-23-18(13-24-21)22(27)26-11-5-7-15-6-3-4-8-19(15)26/h3-4,6,8-10,12-14H,5,7,11H2,1-2H3,(H,24,25). The minimum absolute atomic E-state index is 0.143. The molecular weight excluding hydrogens is 368 g/mol. The van der Waals surface area contributed by atoms with Crippen molar-refractivity contribution in [3.05, 3.63) is 66.1 Å². The molecule has 29 heavy (non-hydrogen) atoms. The van der Waals surface area contributed by atoms with Crippen molar-refractivity contribution < 1.29 is 14.3 Å². The van der Waals surface area contributed by atoms with Gasteiger partial charge in [0.25, 0.3) is 5.91 Å². The summed E-state index contributed by atoms with van der Waals surface area (Å²) in [6.07, 6.45) is 4.96. The molecule has 1 amide bonds. The average molecular weight is 390 g/mol. The van der Waals surface area contributed by atoms with Gasteiger partial charge in [0, 0.05) is 18.3 Å². The number of ether oxygens (including phenoxy) is 2. The third-order valence-electron chi connectivity index (χ3n) is 4.90. The summed E-state index contributed by atoms with van der Waals surface area (Å²) in [5, 5.41) is 3.16. The Bertz CT molecular complexity index is 1020. The second kappa shape index (κ2) is 8.18. The molecule has 0 saturated carbocycles. The number of hydrogen-bond donors (Lipinski definition) is 1. The summed E-state index contributed by atoms with van der Waals surface area (Å²) in [7, 11) is 3.20. The number of aromatic nitrogens is 2. The molecule has 7 nitrogen and oxygen atoms in total. The number of para-hydroxylation sites is 1. The number of methoxy groups -OCH3 is 2. The van der Waals surface area contributed by atoms with Crippen LogP contribution in [0.1, 0.15) is 22.5 Å². The summed E-state index contributed by atoms with van der Waals surface area (Å²) >= 11 is 0. The molecule has 0 aliphatic carbocycles. The molecule has 0 radical (unpaired) electrons. The Morgan fingerprint density at radius 3 is 2.69 bits per heavy atom. The van der Waals surface area contributed by atoms with Gasteiger partial charge in [0.15, 0.2) is 0 Å². The molecule has 1 N–H and O–H groups in total. The van der Waals surface area contributed by atoms with Gasteiger partial charge in [-0.05, 0) is 36.6 Å². The summed E-state index contributed by atoms with van der Waals surface area (Å²) in [5.41, 5.74) is 3.15. The van der Waals surface area contributed by atoms with Crippen LogP contribution in [0.15, 0.2) is 54.9 Å². The monoisotopic (exact) mass is 390 g/mol. The number of benzene rings is 2. The highest BCUT2D eigenvalue weighted by molar-refractivity contribution is 6.05. The number of hydrogen-bond acceptors (Lipinski definition) is 6. The number of carbonyl (C=O) groups is 1. The summed E-state index contributed by atoms with van der Waals surface area (Å²) in [6.45, 7) is 0.679. The van der Waals surface area contributed by atoms with Crippen LogP contribution in [0.5, 0.6) is 11.5 Å².